The first-order chi connectivity index (χ1) is 11.0. The quantitative estimate of drug-likeness (QED) is 0.820. The summed E-state index contributed by atoms with van der Waals surface area (Å²) in [4.78, 5) is 37.5. The van der Waals surface area contributed by atoms with Crippen molar-refractivity contribution in [3.05, 3.63) is 30.3 Å². The average Bonchev–Trinajstić information content (AvgIpc) is 3.04. The molecule has 0 saturated carbocycles. The molecule has 23 heavy (non-hydrogen) atoms. The second-order valence-corrected chi connectivity index (χ2v) is 5.40. The van der Waals surface area contributed by atoms with Gasteiger partial charge in [0.15, 0.2) is 0 Å². The summed E-state index contributed by atoms with van der Waals surface area (Å²) in [5.74, 6) is -0.861. The van der Waals surface area contributed by atoms with E-state index in [1.807, 2.05) is 18.2 Å². The highest BCUT2D eigenvalue weighted by Gasteiger charge is 2.35. The zero-order valence-corrected chi connectivity index (χ0v) is 13.2. The lowest BCUT2D eigenvalue weighted by Gasteiger charge is -2.25. The maximum Gasteiger partial charge on any atom is 0.328 e. The molecule has 2 atom stereocenters. The third-order valence-electron chi connectivity index (χ3n) is 3.75. The van der Waals surface area contributed by atoms with Crippen LogP contribution < -0.4 is 10.6 Å². The van der Waals surface area contributed by atoms with Crippen molar-refractivity contribution in [2.24, 2.45) is 0 Å². The van der Waals surface area contributed by atoms with Gasteiger partial charge in [-0.15, -0.1) is 0 Å². The van der Waals surface area contributed by atoms with E-state index in [-0.39, 0.29) is 11.9 Å². The molecular formula is C16H21N3O4. The predicted octanol–water partition coefficient (Wildman–Crippen LogP) is 1.36. The molecule has 1 aromatic carbocycles. The molecule has 0 spiro atoms. The maximum absolute atomic E-state index is 12.3. The summed E-state index contributed by atoms with van der Waals surface area (Å²) in [6, 6.07) is 7.42. The van der Waals surface area contributed by atoms with Crippen molar-refractivity contribution in [3.63, 3.8) is 0 Å². The molecule has 124 valence electrons. The number of hydrogen-bond donors (Lipinski definition) is 2. The fraction of sp³-hybridized carbons (Fsp3) is 0.438. The van der Waals surface area contributed by atoms with Crippen molar-refractivity contribution >= 4 is 23.6 Å². The number of likely N-dealkylation sites (tertiary alicyclic amines) is 1. The standard InChI is InChI=1S/C16H21N3O4/c1-11(15(21)23-2)17-14(20)13-9-6-10-19(13)16(22)18-12-7-4-3-5-8-12/h3-5,7-8,11,13H,6,9-10H2,1-2H3,(H,17,20)(H,18,22)/t11-,13?/m1/s1. The van der Waals surface area contributed by atoms with E-state index in [0.29, 0.717) is 18.7 Å². The van der Waals surface area contributed by atoms with Crippen LogP contribution in [-0.4, -0.2) is 48.5 Å². The molecule has 7 heteroatoms. The zero-order chi connectivity index (χ0) is 16.8. The van der Waals surface area contributed by atoms with Crippen LogP contribution >= 0.6 is 0 Å². The number of nitrogens with one attached hydrogen (secondary N) is 2. The summed E-state index contributed by atoms with van der Waals surface area (Å²) in [5.41, 5.74) is 0.673. The number of esters is 1. The molecule has 0 aliphatic carbocycles. The molecular weight excluding hydrogens is 298 g/mol. The number of para-hydroxylation sites is 1. The molecule has 1 unspecified atom stereocenters. The van der Waals surface area contributed by atoms with Crippen molar-refractivity contribution < 1.29 is 19.1 Å². The van der Waals surface area contributed by atoms with Crippen LogP contribution in [0.5, 0.6) is 0 Å². The fourth-order valence-electron chi connectivity index (χ4n) is 2.54. The van der Waals surface area contributed by atoms with Crippen LogP contribution in [0.15, 0.2) is 30.3 Å². The number of anilines is 1. The lowest BCUT2D eigenvalue weighted by Crippen LogP contribution is -2.51. The van der Waals surface area contributed by atoms with Crippen LogP contribution in [0.25, 0.3) is 0 Å². The summed E-state index contributed by atoms with van der Waals surface area (Å²) < 4.78 is 4.58. The Labute approximate surface area is 135 Å². The Bertz CT molecular complexity index is 576. The first-order valence-electron chi connectivity index (χ1n) is 7.54. The Balaban J connectivity index is 1.97. The Hall–Kier alpha value is -2.57. The van der Waals surface area contributed by atoms with Gasteiger partial charge < -0.3 is 20.3 Å². The summed E-state index contributed by atoms with van der Waals surface area (Å²) in [6.45, 7) is 2.05. The minimum absolute atomic E-state index is 0.320. The van der Waals surface area contributed by atoms with Gasteiger partial charge in [0.1, 0.15) is 12.1 Å². The number of ether oxygens (including phenoxy) is 1. The molecule has 2 rings (SSSR count). The summed E-state index contributed by atoms with van der Waals surface area (Å²) in [5, 5.41) is 5.36. The molecule has 1 fully saturated rings. The SMILES string of the molecule is COC(=O)[C@@H](C)NC(=O)C1CCCN1C(=O)Nc1ccccc1. The second-order valence-electron chi connectivity index (χ2n) is 5.40. The van der Waals surface area contributed by atoms with E-state index >= 15 is 0 Å². The average molecular weight is 319 g/mol. The van der Waals surface area contributed by atoms with Crippen molar-refractivity contribution in [2.75, 3.05) is 19.0 Å². The lowest BCUT2D eigenvalue weighted by atomic mass is 10.2. The van der Waals surface area contributed by atoms with E-state index in [0.717, 1.165) is 6.42 Å². The molecule has 0 radical (unpaired) electrons. The number of carbonyl (C=O) groups excluding carboxylic acids is 3. The molecule has 1 heterocycles. The van der Waals surface area contributed by atoms with Gasteiger partial charge in [-0.05, 0) is 31.9 Å². The van der Waals surface area contributed by atoms with Crippen LogP contribution in [0.2, 0.25) is 0 Å². The molecule has 3 amide bonds. The van der Waals surface area contributed by atoms with E-state index < -0.39 is 18.1 Å². The summed E-state index contributed by atoms with van der Waals surface area (Å²) in [6.07, 6.45) is 1.31. The minimum atomic E-state index is -0.743. The number of methoxy groups -OCH3 is 1. The topological polar surface area (TPSA) is 87.7 Å². The van der Waals surface area contributed by atoms with E-state index in [1.54, 1.807) is 19.1 Å². The van der Waals surface area contributed by atoms with Gasteiger partial charge in [-0.2, -0.15) is 0 Å². The van der Waals surface area contributed by atoms with Crippen LogP contribution in [0.4, 0.5) is 10.5 Å². The van der Waals surface area contributed by atoms with Crippen molar-refractivity contribution in [1.82, 2.24) is 10.2 Å². The van der Waals surface area contributed by atoms with E-state index in [2.05, 4.69) is 15.4 Å². The number of rotatable bonds is 4. The summed E-state index contributed by atoms with van der Waals surface area (Å²) >= 11 is 0. The number of amides is 3. The first kappa shape index (κ1) is 16.8. The number of urea groups is 1. The van der Waals surface area contributed by atoms with Crippen molar-refractivity contribution in [3.8, 4) is 0 Å². The van der Waals surface area contributed by atoms with Crippen LogP contribution in [0.3, 0.4) is 0 Å². The van der Waals surface area contributed by atoms with Crippen LogP contribution in [0.1, 0.15) is 19.8 Å². The largest absolute Gasteiger partial charge is 0.467 e. The fourth-order valence-corrected chi connectivity index (χ4v) is 2.54. The minimum Gasteiger partial charge on any atom is -0.467 e. The monoisotopic (exact) mass is 319 g/mol. The molecule has 1 saturated heterocycles. The van der Waals surface area contributed by atoms with Crippen LogP contribution in [0, 0.1) is 0 Å². The third kappa shape index (κ3) is 4.21. The van der Waals surface area contributed by atoms with Gasteiger partial charge in [0.2, 0.25) is 5.91 Å². The smallest absolute Gasteiger partial charge is 0.328 e. The van der Waals surface area contributed by atoms with E-state index in [9.17, 15) is 14.4 Å². The van der Waals surface area contributed by atoms with Gasteiger partial charge in [0.25, 0.3) is 0 Å². The van der Waals surface area contributed by atoms with Gasteiger partial charge in [0.05, 0.1) is 7.11 Å². The number of carbonyl (C=O) groups is 3. The Morgan fingerprint density at radius 3 is 2.61 bits per heavy atom. The highest BCUT2D eigenvalue weighted by molar-refractivity contribution is 5.95. The molecule has 1 aliphatic heterocycles. The van der Waals surface area contributed by atoms with Crippen molar-refractivity contribution in [1.29, 1.82) is 0 Å². The van der Waals surface area contributed by atoms with Gasteiger partial charge >= 0.3 is 12.0 Å². The Morgan fingerprint density at radius 2 is 1.96 bits per heavy atom. The van der Waals surface area contributed by atoms with E-state index in [1.165, 1.54) is 12.0 Å². The molecule has 1 aliphatic rings. The van der Waals surface area contributed by atoms with Gasteiger partial charge in [-0.3, -0.25) is 4.79 Å². The highest BCUT2D eigenvalue weighted by Crippen LogP contribution is 2.19. The highest BCUT2D eigenvalue weighted by atomic mass is 16.5. The normalized spacial score (nSPS) is 18.2. The summed E-state index contributed by atoms with van der Waals surface area (Å²) in [7, 11) is 1.26. The number of hydrogen-bond acceptors (Lipinski definition) is 4. The predicted molar refractivity (Wildman–Crippen MR) is 84.8 cm³/mol. The van der Waals surface area contributed by atoms with E-state index in [4.69, 9.17) is 0 Å². The lowest BCUT2D eigenvalue weighted by molar-refractivity contribution is -0.144. The first-order valence-corrected chi connectivity index (χ1v) is 7.54. The van der Waals surface area contributed by atoms with Crippen molar-refractivity contribution in [2.45, 2.75) is 31.8 Å². The second kappa shape index (κ2) is 7.62. The molecule has 2 N–H and O–H groups in total. The molecule has 1 aromatic rings. The van der Waals surface area contributed by atoms with Crippen LogP contribution in [-0.2, 0) is 14.3 Å². The van der Waals surface area contributed by atoms with Gasteiger partial charge in [-0.25, -0.2) is 9.59 Å². The molecule has 7 nitrogen and oxygen atoms in total. The molecule has 0 aromatic heterocycles. The van der Waals surface area contributed by atoms with Gasteiger partial charge in [-0.1, -0.05) is 18.2 Å². The Morgan fingerprint density at radius 1 is 1.26 bits per heavy atom. The third-order valence-corrected chi connectivity index (χ3v) is 3.75. The number of nitrogens with zero attached hydrogens (tertiary/aromatic N) is 1. The maximum atomic E-state index is 12.3. The molecule has 0 bridgehead atoms. The number of benzene rings is 1. The van der Waals surface area contributed by atoms with Gasteiger partial charge in [0, 0.05) is 12.2 Å². The Kier molecular flexibility index (Phi) is 5.56. The zero-order valence-electron chi connectivity index (χ0n) is 13.2.